The van der Waals surface area contributed by atoms with E-state index in [4.69, 9.17) is 4.74 Å². The van der Waals surface area contributed by atoms with Crippen LogP contribution in [0.15, 0.2) is 0 Å². The Morgan fingerprint density at radius 3 is 2.47 bits per heavy atom. The predicted octanol–water partition coefficient (Wildman–Crippen LogP) is 1.77. The molecular weight excluding hydrogens is 190 g/mol. The second kappa shape index (κ2) is 4.97. The average molecular weight is 213 g/mol. The number of nitrogens with zero attached hydrogens (tertiary/aromatic N) is 1. The molecule has 3 nitrogen and oxygen atoms in total. The fourth-order valence-electron chi connectivity index (χ4n) is 1.95. The molecule has 0 aromatic rings. The number of hydrogen-bond donors (Lipinski definition) is 0. The monoisotopic (exact) mass is 213 g/mol. The molecule has 1 aliphatic carbocycles. The third-order valence-electron chi connectivity index (χ3n) is 3.79. The van der Waals surface area contributed by atoms with E-state index in [2.05, 4.69) is 25.8 Å². The third-order valence-corrected chi connectivity index (χ3v) is 3.79. The molecule has 0 N–H and O–H groups in total. The van der Waals surface area contributed by atoms with Gasteiger partial charge in [0.2, 0.25) is 0 Å². The standard InChI is InChI=1S/C12H23NO2/c1-8-6-11(8)7-13(4)10(3)9(2)12(14)15-5/h8-11H,6-7H2,1-5H3. The topological polar surface area (TPSA) is 29.5 Å². The van der Waals surface area contributed by atoms with Crippen LogP contribution in [0.2, 0.25) is 0 Å². The maximum atomic E-state index is 11.4. The normalized spacial score (nSPS) is 28.7. The van der Waals surface area contributed by atoms with Gasteiger partial charge in [-0.3, -0.25) is 4.79 Å². The zero-order valence-corrected chi connectivity index (χ0v) is 10.5. The first-order valence-electron chi connectivity index (χ1n) is 5.75. The summed E-state index contributed by atoms with van der Waals surface area (Å²) in [4.78, 5) is 13.6. The summed E-state index contributed by atoms with van der Waals surface area (Å²) in [6.45, 7) is 7.41. The van der Waals surface area contributed by atoms with E-state index in [0.717, 1.165) is 18.4 Å². The molecule has 1 saturated carbocycles. The Morgan fingerprint density at radius 2 is 2.07 bits per heavy atom. The van der Waals surface area contributed by atoms with Crippen molar-refractivity contribution in [2.24, 2.45) is 17.8 Å². The van der Waals surface area contributed by atoms with E-state index >= 15 is 0 Å². The van der Waals surface area contributed by atoms with E-state index in [1.165, 1.54) is 13.5 Å². The van der Waals surface area contributed by atoms with Gasteiger partial charge in [-0.05, 0) is 32.2 Å². The highest BCUT2D eigenvalue weighted by Crippen LogP contribution is 2.38. The summed E-state index contributed by atoms with van der Waals surface area (Å²) in [5.74, 6) is 1.54. The van der Waals surface area contributed by atoms with Gasteiger partial charge in [0.05, 0.1) is 13.0 Å². The molecule has 0 bridgehead atoms. The van der Waals surface area contributed by atoms with Gasteiger partial charge < -0.3 is 9.64 Å². The molecule has 0 aromatic heterocycles. The molecule has 0 radical (unpaired) electrons. The van der Waals surface area contributed by atoms with Crippen LogP contribution in [-0.2, 0) is 9.53 Å². The lowest BCUT2D eigenvalue weighted by atomic mass is 10.0. The maximum Gasteiger partial charge on any atom is 0.309 e. The highest BCUT2D eigenvalue weighted by Gasteiger charge is 2.35. The molecule has 1 aliphatic rings. The van der Waals surface area contributed by atoms with E-state index in [-0.39, 0.29) is 17.9 Å². The molecule has 4 atom stereocenters. The number of rotatable bonds is 5. The Bertz CT molecular complexity index is 230. The van der Waals surface area contributed by atoms with Crippen molar-refractivity contribution >= 4 is 5.97 Å². The molecule has 0 aromatic carbocycles. The molecule has 0 spiro atoms. The van der Waals surface area contributed by atoms with Crippen LogP contribution in [-0.4, -0.2) is 37.6 Å². The number of methoxy groups -OCH3 is 1. The van der Waals surface area contributed by atoms with Gasteiger partial charge in [0.1, 0.15) is 0 Å². The highest BCUT2D eigenvalue weighted by molar-refractivity contribution is 5.72. The lowest BCUT2D eigenvalue weighted by Gasteiger charge is -2.28. The summed E-state index contributed by atoms with van der Waals surface area (Å²) in [7, 11) is 3.55. The molecule has 0 heterocycles. The second-order valence-corrected chi connectivity index (χ2v) is 4.97. The van der Waals surface area contributed by atoms with Crippen molar-refractivity contribution in [3.63, 3.8) is 0 Å². The Hall–Kier alpha value is -0.570. The van der Waals surface area contributed by atoms with Gasteiger partial charge in [0.15, 0.2) is 0 Å². The van der Waals surface area contributed by atoms with Crippen molar-refractivity contribution in [1.29, 1.82) is 0 Å². The van der Waals surface area contributed by atoms with Crippen LogP contribution in [0.1, 0.15) is 27.2 Å². The molecular formula is C12H23NO2. The van der Waals surface area contributed by atoms with Crippen molar-refractivity contribution < 1.29 is 9.53 Å². The summed E-state index contributed by atoms with van der Waals surface area (Å²) in [5, 5.41) is 0. The van der Waals surface area contributed by atoms with E-state index < -0.39 is 0 Å². The number of carbonyl (C=O) groups is 1. The van der Waals surface area contributed by atoms with Crippen molar-refractivity contribution in [3.8, 4) is 0 Å². The number of ether oxygens (including phenoxy) is 1. The summed E-state index contributed by atoms with van der Waals surface area (Å²) >= 11 is 0. The summed E-state index contributed by atoms with van der Waals surface area (Å²) in [6, 6.07) is 0.255. The largest absolute Gasteiger partial charge is 0.469 e. The molecule has 0 saturated heterocycles. The van der Waals surface area contributed by atoms with Crippen molar-refractivity contribution in [2.45, 2.75) is 33.2 Å². The van der Waals surface area contributed by atoms with Crippen LogP contribution in [0, 0.1) is 17.8 Å². The molecule has 0 aliphatic heterocycles. The van der Waals surface area contributed by atoms with Crippen molar-refractivity contribution in [3.05, 3.63) is 0 Å². The summed E-state index contributed by atoms with van der Waals surface area (Å²) < 4.78 is 4.76. The number of esters is 1. The van der Waals surface area contributed by atoms with Crippen LogP contribution in [0.4, 0.5) is 0 Å². The Kier molecular flexibility index (Phi) is 4.14. The van der Waals surface area contributed by atoms with E-state index in [1.807, 2.05) is 6.92 Å². The smallest absolute Gasteiger partial charge is 0.309 e. The Balaban J connectivity index is 2.37. The molecule has 88 valence electrons. The molecule has 15 heavy (non-hydrogen) atoms. The van der Waals surface area contributed by atoms with Gasteiger partial charge in [-0.25, -0.2) is 0 Å². The lowest BCUT2D eigenvalue weighted by molar-refractivity contribution is -0.146. The quantitative estimate of drug-likeness (QED) is 0.652. The van der Waals surface area contributed by atoms with Gasteiger partial charge in [0.25, 0.3) is 0 Å². The first-order chi connectivity index (χ1) is 6.97. The van der Waals surface area contributed by atoms with Gasteiger partial charge in [-0.1, -0.05) is 13.8 Å². The van der Waals surface area contributed by atoms with Gasteiger partial charge in [-0.15, -0.1) is 0 Å². The van der Waals surface area contributed by atoms with Crippen LogP contribution in [0.5, 0.6) is 0 Å². The fourth-order valence-corrected chi connectivity index (χ4v) is 1.95. The van der Waals surface area contributed by atoms with Crippen molar-refractivity contribution in [1.82, 2.24) is 4.90 Å². The Morgan fingerprint density at radius 1 is 1.53 bits per heavy atom. The lowest BCUT2D eigenvalue weighted by Crippen LogP contribution is -2.39. The van der Waals surface area contributed by atoms with Crippen LogP contribution in [0.25, 0.3) is 0 Å². The SMILES string of the molecule is COC(=O)C(C)C(C)N(C)CC1CC1C. The average Bonchev–Trinajstić information content (AvgIpc) is 2.90. The first kappa shape index (κ1) is 12.5. The molecule has 1 fully saturated rings. The summed E-state index contributed by atoms with van der Waals surface area (Å²) in [5.41, 5.74) is 0. The van der Waals surface area contributed by atoms with E-state index in [0.29, 0.717) is 0 Å². The van der Waals surface area contributed by atoms with Gasteiger partial charge in [0, 0.05) is 12.6 Å². The van der Waals surface area contributed by atoms with Crippen molar-refractivity contribution in [2.75, 3.05) is 20.7 Å². The van der Waals surface area contributed by atoms with E-state index in [1.54, 1.807) is 0 Å². The summed E-state index contributed by atoms with van der Waals surface area (Å²) in [6.07, 6.45) is 1.34. The minimum absolute atomic E-state index is 0.0472. The maximum absolute atomic E-state index is 11.4. The predicted molar refractivity (Wildman–Crippen MR) is 60.5 cm³/mol. The van der Waals surface area contributed by atoms with Gasteiger partial charge >= 0.3 is 5.97 Å². The van der Waals surface area contributed by atoms with Crippen LogP contribution < -0.4 is 0 Å². The van der Waals surface area contributed by atoms with E-state index in [9.17, 15) is 4.79 Å². The zero-order valence-electron chi connectivity index (χ0n) is 10.5. The number of carbonyl (C=O) groups excluding carboxylic acids is 1. The fraction of sp³-hybridized carbons (Fsp3) is 0.917. The molecule has 4 unspecified atom stereocenters. The molecule has 1 rings (SSSR count). The molecule has 3 heteroatoms. The minimum atomic E-state index is -0.113. The van der Waals surface area contributed by atoms with Crippen LogP contribution >= 0.6 is 0 Å². The third kappa shape index (κ3) is 3.20. The highest BCUT2D eigenvalue weighted by atomic mass is 16.5. The minimum Gasteiger partial charge on any atom is -0.469 e. The first-order valence-corrected chi connectivity index (χ1v) is 5.75. The number of hydrogen-bond acceptors (Lipinski definition) is 3. The van der Waals surface area contributed by atoms with Crippen LogP contribution in [0.3, 0.4) is 0 Å². The zero-order chi connectivity index (χ0) is 11.6. The Labute approximate surface area is 92.8 Å². The second-order valence-electron chi connectivity index (χ2n) is 4.97. The molecule has 0 amide bonds. The van der Waals surface area contributed by atoms with Gasteiger partial charge in [-0.2, -0.15) is 0 Å².